The Morgan fingerprint density at radius 3 is 2.74 bits per heavy atom. The first-order valence-corrected chi connectivity index (χ1v) is 6.61. The lowest BCUT2D eigenvalue weighted by molar-refractivity contribution is 0.705. The Morgan fingerprint density at radius 2 is 2.05 bits per heavy atom. The van der Waals surface area contributed by atoms with Gasteiger partial charge in [-0.1, -0.05) is 30.9 Å². The molecule has 0 bridgehead atoms. The second-order valence-electron chi connectivity index (χ2n) is 4.42. The highest BCUT2D eigenvalue weighted by Crippen LogP contribution is 2.08. The topological polar surface area (TPSA) is 43.8 Å². The number of hydrogen-bond donors (Lipinski definition) is 1. The van der Waals surface area contributed by atoms with Gasteiger partial charge in [-0.15, -0.1) is 0 Å². The molecule has 0 saturated heterocycles. The minimum atomic E-state index is 0.400. The molecular weight excluding hydrogens is 234 g/mol. The van der Waals surface area contributed by atoms with Crippen molar-refractivity contribution in [2.45, 2.75) is 26.3 Å². The molecule has 0 aliphatic rings. The lowest BCUT2D eigenvalue weighted by Crippen LogP contribution is -2.04. The zero-order valence-corrected chi connectivity index (χ0v) is 11.3. The SMILES string of the molecule is CCCc1nccn1Cc1ccc(C#CCN)cc1. The van der Waals surface area contributed by atoms with Crippen LogP contribution in [0.2, 0.25) is 0 Å². The van der Waals surface area contributed by atoms with Crippen molar-refractivity contribution in [2.24, 2.45) is 5.73 Å². The van der Waals surface area contributed by atoms with Crippen LogP contribution in [0.4, 0.5) is 0 Å². The van der Waals surface area contributed by atoms with Crippen LogP contribution in [-0.4, -0.2) is 16.1 Å². The first-order chi connectivity index (χ1) is 9.33. The first-order valence-electron chi connectivity index (χ1n) is 6.61. The van der Waals surface area contributed by atoms with Gasteiger partial charge in [0.2, 0.25) is 0 Å². The molecular formula is C16H19N3. The highest BCUT2D eigenvalue weighted by Gasteiger charge is 2.02. The first kappa shape index (κ1) is 13.4. The average Bonchev–Trinajstić information content (AvgIpc) is 2.86. The summed E-state index contributed by atoms with van der Waals surface area (Å²) < 4.78 is 2.20. The average molecular weight is 253 g/mol. The van der Waals surface area contributed by atoms with Crippen LogP contribution in [0.5, 0.6) is 0 Å². The van der Waals surface area contributed by atoms with Gasteiger partial charge >= 0.3 is 0 Å². The normalized spacial score (nSPS) is 10.0. The van der Waals surface area contributed by atoms with Crippen LogP contribution in [0.3, 0.4) is 0 Å². The minimum absolute atomic E-state index is 0.400. The van der Waals surface area contributed by atoms with Crippen molar-refractivity contribution in [1.82, 2.24) is 9.55 Å². The van der Waals surface area contributed by atoms with E-state index in [2.05, 4.69) is 40.4 Å². The number of nitrogens with zero attached hydrogens (tertiary/aromatic N) is 2. The predicted molar refractivity (Wildman–Crippen MR) is 77.7 cm³/mol. The summed E-state index contributed by atoms with van der Waals surface area (Å²) in [6, 6.07) is 8.29. The van der Waals surface area contributed by atoms with Crippen molar-refractivity contribution in [3.63, 3.8) is 0 Å². The zero-order chi connectivity index (χ0) is 13.5. The van der Waals surface area contributed by atoms with E-state index in [1.165, 1.54) is 5.56 Å². The van der Waals surface area contributed by atoms with Gasteiger partial charge in [0.15, 0.2) is 0 Å². The van der Waals surface area contributed by atoms with Crippen LogP contribution in [0.1, 0.15) is 30.3 Å². The van der Waals surface area contributed by atoms with Crippen molar-refractivity contribution < 1.29 is 0 Å². The molecule has 19 heavy (non-hydrogen) atoms. The molecule has 0 spiro atoms. The van der Waals surface area contributed by atoms with Crippen molar-refractivity contribution in [3.05, 3.63) is 53.6 Å². The fraction of sp³-hybridized carbons (Fsp3) is 0.312. The summed E-state index contributed by atoms with van der Waals surface area (Å²) in [4.78, 5) is 4.39. The Hall–Kier alpha value is -2.05. The van der Waals surface area contributed by atoms with Gasteiger partial charge in [0.25, 0.3) is 0 Å². The molecule has 3 nitrogen and oxygen atoms in total. The minimum Gasteiger partial charge on any atom is -0.331 e. The molecule has 3 heteroatoms. The van der Waals surface area contributed by atoms with Gasteiger partial charge in [0, 0.05) is 30.9 Å². The zero-order valence-electron chi connectivity index (χ0n) is 11.3. The Labute approximate surface area is 114 Å². The smallest absolute Gasteiger partial charge is 0.108 e. The van der Waals surface area contributed by atoms with Gasteiger partial charge in [0.1, 0.15) is 5.82 Å². The summed E-state index contributed by atoms with van der Waals surface area (Å²) in [7, 11) is 0. The van der Waals surface area contributed by atoms with Gasteiger partial charge in [-0.25, -0.2) is 4.98 Å². The summed E-state index contributed by atoms with van der Waals surface area (Å²) in [6.07, 6.45) is 6.04. The van der Waals surface area contributed by atoms with E-state index in [0.29, 0.717) is 6.54 Å². The number of aromatic nitrogens is 2. The Morgan fingerprint density at radius 1 is 1.26 bits per heavy atom. The fourth-order valence-corrected chi connectivity index (χ4v) is 1.98. The number of aryl methyl sites for hydroxylation is 1. The van der Waals surface area contributed by atoms with Crippen LogP contribution in [0.25, 0.3) is 0 Å². The molecule has 0 radical (unpaired) electrons. The van der Waals surface area contributed by atoms with E-state index in [1.807, 2.05) is 24.5 Å². The molecule has 0 aliphatic carbocycles. The molecule has 0 saturated carbocycles. The molecule has 2 rings (SSSR count). The van der Waals surface area contributed by atoms with Gasteiger partial charge < -0.3 is 10.3 Å². The van der Waals surface area contributed by atoms with E-state index in [4.69, 9.17) is 5.73 Å². The van der Waals surface area contributed by atoms with Crippen molar-refractivity contribution >= 4 is 0 Å². The maximum absolute atomic E-state index is 5.36. The van der Waals surface area contributed by atoms with Crippen molar-refractivity contribution in [1.29, 1.82) is 0 Å². The molecule has 0 unspecified atom stereocenters. The largest absolute Gasteiger partial charge is 0.331 e. The van der Waals surface area contributed by atoms with E-state index in [-0.39, 0.29) is 0 Å². The van der Waals surface area contributed by atoms with Gasteiger partial charge in [0.05, 0.1) is 6.54 Å². The quantitative estimate of drug-likeness (QED) is 0.849. The van der Waals surface area contributed by atoms with Gasteiger partial charge in [-0.2, -0.15) is 0 Å². The number of benzene rings is 1. The lowest BCUT2D eigenvalue weighted by Gasteiger charge is -2.07. The molecule has 1 heterocycles. The van der Waals surface area contributed by atoms with Crippen molar-refractivity contribution in [3.8, 4) is 11.8 Å². The molecule has 0 atom stereocenters. The maximum atomic E-state index is 5.36. The second-order valence-corrected chi connectivity index (χ2v) is 4.42. The van der Waals surface area contributed by atoms with Gasteiger partial charge in [-0.05, 0) is 24.1 Å². The van der Waals surface area contributed by atoms with Crippen LogP contribution >= 0.6 is 0 Å². The van der Waals surface area contributed by atoms with Crippen LogP contribution in [0.15, 0.2) is 36.7 Å². The molecule has 1 aromatic heterocycles. The molecule has 0 fully saturated rings. The van der Waals surface area contributed by atoms with Gasteiger partial charge in [-0.3, -0.25) is 0 Å². The molecule has 1 aromatic carbocycles. The van der Waals surface area contributed by atoms with E-state index in [1.54, 1.807) is 0 Å². The monoisotopic (exact) mass is 253 g/mol. The number of imidazole rings is 1. The summed E-state index contributed by atoms with van der Waals surface area (Å²) in [5.41, 5.74) is 7.62. The van der Waals surface area contributed by atoms with Crippen LogP contribution in [0, 0.1) is 11.8 Å². The lowest BCUT2D eigenvalue weighted by atomic mass is 10.1. The third-order valence-electron chi connectivity index (χ3n) is 2.92. The third kappa shape index (κ3) is 3.70. The molecule has 0 amide bonds. The summed E-state index contributed by atoms with van der Waals surface area (Å²) in [5.74, 6) is 7.03. The van der Waals surface area contributed by atoms with Crippen LogP contribution in [-0.2, 0) is 13.0 Å². The van der Waals surface area contributed by atoms with E-state index >= 15 is 0 Å². The molecule has 98 valence electrons. The highest BCUT2D eigenvalue weighted by atomic mass is 15.1. The van der Waals surface area contributed by atoms with E-state index < -0.39 is 0 Å². The number of nitrogens with two attached hydrogens (primary N) is 1. The molecule has 2 N–H and O–H groups in total. The Kier molecular flexibility index (Phi) is 4.77. The summed E-state index contributed by atoms with van der Waals surface area (Å²) >= 11 is 0. The number of hydrogen-bond acceptors (Lipinski definition) is 2. The highest BCUT2D eigenvalue weighted by molar-refractivity contribution is 5.36. The van der Waals surface area contributed by atoms with Crippen LogP contribution < -0.4 is 5.73 Å². The van der Waals surface area contributed by atoms with E-state index in [9.17, 15) is 0 Å². The standard InChI is InChI=1S/C16H19N3/c1-2-4-16-18-11-12-19(16)13-15-8-6-14(7-9-15)5-3-10-17/h6-9,11-12H,2,4,10,13,17H2,1H3. The fourth-order valence-electron chi connectivity index (χ4n) is 1.98. The number of rotatable bonds is 4. The third-order valence-corrected chi connectivity index (χ3v) is 2.92. The molecule has 0 aliphatic heterocycles. The predicted octanol–water partition coefficient (Wildman–Crippen LogP) is 2.19. The Bertz CT molecular complexity index is 570. The Balaban J connectivity index is 2.08. The summed E-state index contributed by atoms with van der Waals surface area (Å²) in [6.45, 7) is 3.43. The second kappa shape index (κ2) is 6.77. The maximum Gasteiger partial charge on any atom is 0.108 e. The molecule has 2 aromatic rings. The van der Waals surface area contributed by atoms with E-state index in [0.717, 1.165) is 30.8 Å². The van der Waals surface area contributed by atoms with Crippen molar-refractivity contribution in [2.75, 3.05) is 6.54 Å². The summed E-state index contributed by atoms with van der Waals surface area (Å²) in [5, 5.41) is 0.